The maximum absolute atomic E-state index is 12.1. The molecule has 1 aromatic carbocycles. The molecule has 0 radical (unpaired) electrons. The van der Waals surface area contributed by atoms with E-state index in [0.29, 0.717) is 23.2 Å². The molecule has 2 rings (SSSR count). The number of amides is 1. The summed E-state index contributed by atoms with van der Waals surface area (Å²) in [6.07, 6.45) is 3.10. The molecule has 1 amide bonds. The van der Waals surface area contributed by atoms with Gasteiger partial charge in [-0.3, -0.25) is 4.79 Å². The summed E-state index contributed by atoms with van der Waals surface area (Å²) in [4.78, 5) is 27.0. The van der Waals surface area contributed by atoms with Gasteiger partial charge in [0.05, 0.1) is 17.6 Å². The summed E-state index contributed by atoms with van der Waals surface area (Å²) in [6.45, 7) is 1.02. The molecule has 1 aromatic heterocycles. The van der Waals surface area contributed by atoms with Crippen molar-refractivity contribution in [1.82, 2.24) is 9.55 Å². The minimum Gasteiger partial charge on any atom is -0.478 e. The normalized spacial score (nSPS) is 10.4. The Balaban J connectivity index is 2.18. The number of benzene rings is 1. The molecule has 0 unspecified atom stereocenters. The lowest BCUT2D eigenvalue weighted by Crippen LogP contribution is -2.13. The second-order valence-corrected chi connectivity index (χ2v) is 5.09. The van der Waals surface area contributed by atoms with Gasteiger partial charge in [0.2, 0.25) is 0 Å². The van der Waals surface area contributed by atoms with Crippen molar-refractivity contribution < 1.29 is 14.7 Å². The second kappa shape index (κ2) is 6.51. The highest BCUT2D eigenvalue weighted by atomic mass is 79.9. The SMILES string of the molecule is NCCn1cnc(C(=O)Nc2cc(C(=O)O)ccc2Br)c1. The number of imidazole rings is 1. The number of carboxylic acid groups (broad SMARTS) is 1. The molecule has 8 heteroatoms. The van der Waals surface area contributed by atoms with Gasteiger partial charge in [-0.2, -0.15) is 0 Å². The molecule has 0 fully saturated rings. The summed E-state index contributed by atoms with van der Waals surface area (Å²) < 4.78 is 2.29. The van der Waals surface area contributed by atoms with E-state index in [4.69, 9.17) is 10.8 Å². The van der Waals surface area contributed by atoms with E-state index in [1.807, 2.05) is 0 Å². The van der Waals surface area contributed by atoms with Crippen molar-refractivity contribution in [3.63, 3.8) is 0 Å². The van der Waals surface area contributed by atoms with Crippen LogP contribution < -0.4 is 11.1 Å². The molecule has 0 saturated carbocycles. The molecule has 2 aromatic rings. The van der Waals surface area contributed by atoms with Gasteiger partial charge in [0.25, 0.3) is 5.91 Å². The Morgan fingerprint density at radius 3 is 2.86 bits per heavy atom. The number of hydrogen-bond acceptors (Lipinski definition) is 4. The fourth-order valence-corrected chi connectivity index (χ4v) is 2.03. The molecule has 110 valence electrons. The van der Waals surface area contributed by atoms with Gasteiger partial charge < -0.3 is 20.7 Å². The zero-order valence-corrected chi connectivity index (χ0v) is 12.5. The van der Waals surface area contributed by atoms with E-state index in [9.17, 15) is 9.59 Å². The predicted molar refractivity (Wildman–Crippen MR) is 80.3 cm³/mol. The number of carbonyl (C=O) groups is 2. The summed E-state index contributed by atoms with van der Waals surface area (Å²) in [7, 11) is 0. The van der Waals surface area contributed by atoms with Gasteiger partial charge in [0.1, 0.15) is 5.69 Å². The minimum absolute atomic E-state index is 0.0853. The van der Waals surface area contributed by atoms with Crippen LogP contribution in [-0.4, -0.2) is 33.1 Å². The van der Waals surface area contributed by atoms with Crippen LogP contribution in [0.3, 0.4) is 0 Å². The van der Waals surface area contributed by atoms with Gasteiger partial charge in [-0.15, -0.1) is 0 Å². The smallest absolute Gasteiger partial charge is 0.335 e. The molecule has 0 aliphatic carbocycles. The van der Waals surface area contributed by atoms with Crippen LogP contribution in [0.1, 0.15) is 20.8 Å². The third-order valence-electron chi connectivity index (χ3n) is 2.71. The first-order chi connectivity index (χ1) is 10.0. The third-order valence-corrected chi connectivity index (χ3v) is 3.41. The number of hydrogen-bond donors (Lipinski definition) is 3. The minimum atomic E-state index is -1.06. The number of aromatic carboxylic acids is 1. The maximum Gasteiger partial charge on any atom is 0.335 e. The van der Waals surface area contributed by atoms with Crippen molar-refractivity contribution in [2.75, 3.05) is 11.9 Å². The lowest BCUT2D eigenvalue weighted by atomic mass is 10.2. The first-order valence-electron chi connectivity index (χ1n) is 6.07. The van der Waals surface area contributed by atoms with Crippen LogP contribution in [0.2, 0.25) is 0 Å². The molecule has 7 nitrogen and oxygen atoms in total. The van der Waals surface area contributed by atoms with Crippen molar-refractivity contribution in [3.8, 4) is 0 Å². The molecule has 0 saturated heterocycles. The number of halogens is 1. The molecule has 0 atom stereocenters. The Labute approximate surface area is 128 Å². The molecular formula is C13H13BrN4O3. The largest absolute Gasteiger partial charge is 0.478 e. The summed E-state index contributed by atoms with van der Waals surface area (Å²) in [6, 6.07) is 4.38. The van der Waals surface area contributed by atoms with Crippen molar-refractivity contribution >= 4 is 33.5 Å². The molecule has 4 N–H and O–H groups in total. The highest BCUT2D eigenvalue weighted by Gasteiger charge is 2.13. The Morgan fingerprint density at radius 2 is 2.19 bits per heavy atom. The average Bonchev–Trinajstić information content (AvgIpc) is 2.90. The van der Waals surface area contributed by atoms with Crippen LogP contribution in [0.15, 0.2) is 35.2 Å². The van der Waals surface area contributed by atoms with Crippen molar-refractivity contribution in [2.24, 2.45) is 5.73 Å². The van der Waals surface area contributed by atoms with E-state index in [-0.39, 0.29) is 11.3 Å². The summed E-state index contributed by atoms with van der Waals surface area (Å²) in [5.41, 5.74) is 6.11. The lowest BCUT2D eigenvalue weighted by molar-refractivity contribution is 0.0696. The highest BCUT2D eigenvalue weighted by molar-refractivity contribution is 9.10. The molecule has 1 heterocycles. The number of nitrogens with one attached hydrogen (secondary N) is 1. The van der Waals surface area contributed by atoms with E-state index in [1.54, 1.807) is 16.8 Å². The number of anilines is 1. The molecule has 21 heavy (non-hydrogen) atoms. The van der Waals surface area contributed by atoms with Crippen LogP contribution in [0.25, 0.3) is 0 Å². The van der Waals surface area contributed by atoms with Crippen LogP contribution >= 0.6 is 15.9 Å². The third kappa shape index (κ3) is 3.67. The zero-order valence-electron chi connectivity index (χ0n) is 10.9. The predicted octanol–water partition coefficient (Wildman–Crippen LogP) is 1.55. The fourth-order valence-electron chi connectivity index (χ4n) is 1.69. The second-order valence-electron chi connectivity index (χ2n) is 4.24. The van der Waals surface area contributed by atoms with Crippen LogP contribution in [0.5, 0.6) is 0 Å². The van der Waals surface area contributed by atoms with Crippen LogP contribution in [0, 0.1) is 0 Å². The van der Waals surface area contributed by atoms with Gasteiger partial charge in [0.15, 0.2) is 0 Å². The number of rotatable bonds is 5. The van der Waals surface area contributed by atoms with Gasteiger partial charge in [-0.25, -0.2) is 9.78 Å². The average molecular weight is 353 g/mol. The topological polar surface area (TPSA) is 110 Å². The molecule has 0 aliphatic rings. The monoisotopic (exact) mass is 352 g/mol. The molecule has 0 aliphatic heterocycles. The zero-order chi connectivity index (χ0) is 15.4. The summed E-state index contributed by atoms with van der Waals surface area (Å²) >= 11 is 3.26. The first-order valence-corrected chi connectivity index (χ1v) is 6.86. The van der Waals surface area contributed by atoms with Crippen LogP contribution in [-0.2, 0) is 6.54 Å². The van der Waals surface area contributed by atoms with E-state index < -0.39 is 11.9 Å². The number of carboxylic acids is 1. The van der Waals surface area contributed by atoms with Crippen molar-refractivity contribution in [1.29, 1.82) is 0 Å². The summed E-state index contributed by atoms with van der Waals surface area (Å²) in [5.74, 6) is -1.49. The maximum atomic E-state index is 12.1. The van der Waals surface area contributed by atoms with E-state index >= 15 is 0 Å². The van der Waals surface area contributed by atoms with Gasteiger partial charge in [0, 0.05) is 23.8 Å². The molecule has 0 spiro atoms. The number of nitrogens with zero attached hydrogens (tertiary/aromatic N) is 2. The van der Waals surface area contributed by atoms with Gasteiger partial charge in [-0.1, -0.05) is 0 Å². The van der Waals surface area contributed by atoms with Crippen molar-refractivity contribution in [2.45, 2.75) is 6.54 Å². The van der Waals surface area contributed by atoms with E-state index in [0.717, 1.165) is 0 Å². The molecule has 0 bridgehead atoms. The Kier molecular flexibility index (Phi) is 4.71. The van der Waals surface area contributed by atoms with E-state index in [2.05, 4.69) is 26.2 Å². The number of nitrogens with two attached hydrogens (primary N) is 1. The standard InChI is InChI=1S/C13H13BrN4O3/c14-9-2-1-8(13(20)21)5-10(9)17-12(19)11-6-18(4-3-15)7-16-11/h1-2,5-7H,3-4,15H2,(H,17,19)(H,20,21). The fraction of sp³-hybridized carbons (Fsp3) is 0.154. The van der Waals surface area contributed by atoms with Crippen molar-refractivity contribution in [3.05, 3.63) is 46.5 Å². The Hall–Kier alpha value is -2.19. The number of aromatic nitrogens is 2. The lowest BCUT2D eigenvalue weighted by Gasteiger charge is -2.07. The first kappa shape index (κ1) is 15.2. The molecular weight excluding hydrogens is 340 g/mol. The quantitative estimate of drug-likeness (QED) is 0.756. The van der Waals surface area contributed by atoms with Gasteiger partial charge >= 0.3 is 5.97 Å². The van der Waals surface area contributed by atoms with E-state index in [1.165, 1.54) is 18.5 Å². The number of carbonyl (C=O) groups excluding carboxylic acids is 1. The Bertz CT molecular complexity index is 684. The Morgan fingerprint density at radius 1 is 1.43 bits per heavy atom. The highest BCUT2D eigenvalue weighted by Crippen LogP contribution is 2.24. The van der Waals surface area contributed by atoms with Crippen LogP contribution in [0.4, 0.5) is 5.69 Å². The summed E-state index contributed by atoms with van der Waals surface area (Å²) in [5, 5.41) is 11.6. The van der Waals surface area contributed by atoms with Gasteiger partial charge in [-0.05, 0) is 34.1 Å².